The van der Waals surface area contributed by atoms with Crippen LogP contribution in [0, 0.1) is 11.3 Å². The summed E-state index contributed by atoms with van der Waals surface area (Å²) in [6, 6.07) is 10.2. The SMILES string of the molecule is CCN(CC)c1ccc(/C=C(/C#N)C(=O)NC2CCCCC2)cc1. The van der Waals surface area contributed by atoms with Crippen molar-refractivity contribution in [2.45, 2.75) is 52.0 Å². The monoisotopic (exact) mass is 325 g/mol. The van der Waals surface area contributed by atoms with Crippen LogP contribution in [0.25, 0.3) is 6.08 Å². The predicted molar refractivity (Wildman–Crippen MR) is 98.6 cm³/mol. The molecule has 24 heavy (non-hydrogen) atoms. The Bertz CT molecular complexity index is 603. The highest BCUT2D eigenvalue weighted by molar-refractivity contribution is 6.01. The minimum absolute atomic E-state index is 0.177. The minimum Gasteiger partial charge on any atom is -0.372 e. The predicted octanol–water partition coefficient (Wildman–Crippen LogP) is 3.89. The Hall–Kier alpha value is -2.28. The van der Waals surface area contributed by atoms with E-state index >= 15 is 0 Å². The zero-order valence-electron chi connectivity index (χ0n) is 14.7. The minimum atomic E-state index is -0.253. The molecule has 0 atom stereocenters. The van der Waals surface area contributed by atoms with Crippen molar-refractivity contribution >= 4 is 17.7 Å². The third kappa shape index (κ3) is 4.86. The number of nitrogens with one attached hydrogen (secondary N) is 1. The van der Waals surface area contributed by atoms with Crippen LogP contribution in [0.15, 0.2) is 29.8 Å². The van der Waals surface area contributed by atoms with Crippen LogP contribution in [0.4, 0.5) is 5.69 Å². The number of benzene rings is 1. The lowest BCUT2D eigenvalue weighted by molar-refractivity contribution is -0.117. The first kappa shape index (κ1) is 18.1. The second-order valence-electron chi connectivity index (χ2n) is 6.24. The maximum Gasteiger partial charge on any atom is 0.262 e. The fraction of sp³-hybridized carbons (Fsp3) is 0.500. The highest BCUT2D eigenvalue weighted by atomic mass is 16.1. The molecular formula is C20H27N3O. The Balaban J connectivity index is 2.06. The lowest BCUT2D eigenvalue weighted by atomic mass is 9.95. The molecular weight excluding hydrogens is 298 g/mol. The molecule has 0 spiro atoms. The fourth-order valence-electron chi connectivity index (χ4n) is 3.20. The third-order valence-corrected chi connectivity index (χ3v) is 4.64. The first-order valence-electron chi connectivity index (χ1n) is 8.95. The van der Waals surface area contributed by atoms with Crippen molar-refractivity contribution in [1.82, 2.24) is 5.32 Å². The van der Waals surface area contributed by atoms with Gasteiger partial charge in [-0.15, -0.1) is 0 Å². The summed E-state index contributed by atoms with van der Waals surface area (Å²) in [5.74, 6) is -0.253. The van der Waals surface area contributed by atoms with Gasteiger partial charge in [0.2, 0.25) is 0 Å². The van der Waals surface area contributed by atoms with Gasteiger partial charge in [0.1, 0.15) is 11.6 Å². The van der Waals surface area contributed by atoms with Crippen LogP contribution in [0.5, 0.6) is 0 Å². The van der Waals surface area contributed by atoms with Gasteiger partial charge in [-0.05, 0) is 50.5 Å². The highest BCUT2D eigenvalue weighted by Gasteiger charge is 2.18. The van der Waals surface area contributed by atoms with Crippen molar-refractivity contribution in [3.63, 3.8) is 0 Å². The van der Waals surface area contributed by atoms with Gasteiger partial charge >= 0.3 is 0 Å². The van der Waals surface area contributed by atoms with E-state index in [1.807, 2.05) is 30.3 Å². The van der Waals surface area contributed by atoms with E-state index in [1.54, 1.807) is 6.08 Å². The van der Waals surface area contributed by atoms with Crippen molar-refractivity contribution in [3.8, 4) is 6.07 Å². The van der Waals surface area contributed by atoms with E-state index in [9.17, 15) is 10.1 Å². The smallest absolute Gasteiger partial charge is 0.262 e. The van der Waals surface area contributed by atoms with Crippen molar-refractivity contribution < 1.29 is 4.79 Å². The summed E-state index contributed by atoms with van der Waals surface area (Å²) in [5.41, 5.74) is 2.21. The summed E-state index contributed by atoms with van der Waals surface area (Å²) in [4.78, 5) is 14.6. The Morgan fingerprint density at radius 1 is 1.21 bits per heavy atom. The summed E-state index contributed by atoms with van der Waals surface area (Å²) in [7, 11) is 0. The van der Waals surface area contributed by atoms with Crippen LogP contribution < -0.4 is 10.2 Å². The van der Waals surface area contributed by atoms with E-state index in [2.05, 4.69) is 24.1 Å². The molecule has 0 heterocycles. The Labute approximate surface area is 145 Å². The van der Waals surface area contributed by atoms with Crippen LogP contribution in [0.3, 0.4) is 0 Å². The van der Waals surface area contributed by atoms with Gasteiger partial charge in [-0.2, -0.15) is 5.26 Å². The lowest BCUT2D eigenvalue weighted by Gasteiger charge is -2.22. The van der Waals surface area contributed by atoms with E-state index in [4.69, 9.17) is 0 Å². The number of carbonyl (C=O) groups excluding carboxylic acids is 1. The standard InChI is InChI=1S/C20H27N3O/c1-3-23(4-2)19-12-10-16(11-13-19)14-17(15-21)20(24)22-18-8-6-5-7-9-18/h10-14,18H,3-9H2,1-2H3,(H,22,24)/b17-14-. The second kappa shape index (κ2) is 9.12. The third-order valence-electron chi connectivity index (χ3n) is 4.64. The summed E-state index contributed by atoms with van der Waals surface area (Å²) in [5, 5.41) is 12.3. The number of hydrogen-bond donors (Lipinski definition) is 1. The summed E-state index contributed by atoms with van der Waals surface area (Å²) >= 11 is 0. The molecule has 1 aliphatic rings. The topological polar surface area (TPSA) is 56.1 Å². The molecule has 0 unspecified atom stereocenters. The number of rotatable bonds is 6. The highest BCUT2D eigenvalue weighted by Crippen LogP contribution is 2.19. The van der Waals surface area contributed by atoms with E-state index in [-0.39, 0.29) is 17.5 Å². The molecule has 1 fully saturated rings. The molecule has 1 aromatic rings. The van der Waals surface area contributed by atoms with E-state index in [0.717, 1.165) is 50.0 Å². The van der Waals surface area contributed by atoms with E-state index in [1.165, 1.54) is 6.42 Å². The van der Waals surface area contributed by atoms with Crippen LogP contribution in [0.1, 0.15) is 51.5 Å². The molecule has 1 N–H and O–H groups in total. The van der Waals surface area contributed by atoms with Crippen molar-refractivity contribution in [2.24, 2.45) is 0 Å². The fourth-order valence-corrected chi connectivity index (χ4v) is 3.20. The molecule has 128 valence electrons. The number of hydrogen-bond acceptors (Lipinski definition) is 3. The number of nitriles is 1. The largest absolute Gasteiger partial charge is 0.372 e. The van der Waals surface area contributed by atoms with Crippen LogP contribution in [-0.4, -0.2) is 25.0 Å². The molecule has 0 radical (unpaired) electrons. The van der Waals surface area contributed by atoms with Crippen LogP contribution >= 0.6 is 0 Å². The Morgan fingerprint density at radius 3 is 2.38 bits per heavy atom. The lowest BCUT2D eigenvalue weighted by Crippen LogP contribution is -2.36. The van der Waals surface area contributed by atoms with Gasteiger partial charge in [-0.25, -0.2) is 0 Å². The van der Waals surface area contributed by atoms with Gasteiger partial charge < -0.3 is 10.2 Å². The molecule has 1 aliphatic carbocycles. The zero-order chi connectivity index (χ0) is 17.4. The average molecular weight is 325 g/mol. The summed E-state index contributed by atoms with van der Waals surface area (Å²) in [6.07, 6.45) is 7.26. The van der Waals surface area contributed by atoms with Gasteiger partial charge in [0.25, 0.3) is 5.91 Å². The number of carbonyl (C=O) groups is 1. The van der Waals surface area contributed by atoms with Gasteiger partial charge in [0.05, 0.1) is 0 Å². The van der Waals surface area contributed by atoms with E-state index < -0.39 is 0 Å². The van der Waals surface area contributed by atoms with Crippen molar-refractivity contribution in [2.75, 3.05) is 18.0 Å². The molecule has 4 heteroatoms. The molecule has 0 aromatic heterocycles. The van der Waals surface area contributed by atoms with Crippen molar-refractivity contribution in [1.29, 1.82) is 5.26 Å². The van der Waals surface area contributed by atoms with Gasteiger partial charge in [0, 0.05) is 24.8 Å². The summed E-state index contributed by atoms with van der Waals surface area (Å²) in [6.45, 7) is 6.17. The van der Waals surface area contributed by atoms with Gasteiger partial charge in [-0.3, -0.25) is 4.79 Å². The first-order valence-corrected chi connectivity index (χ1v) is 8.95. The zero-order valence-corrected chi connectivity index (χ0v) is 14.7. The number of anilines is 1. The quantitative estimate of drug-likeness (QED) is 0.638. The van der Waals surface area contributed by atoms with E-state index in [0.29, 0.717) is 0 Å². The molecule has 0 aliphatic heterocycles. The molecule has 0 saturated heterocycles. The molecule has 1 amide bonds. The maximum absolute atomic E-state index is 12.3. The molecule has 1 saturated carbocycles. The van der Waals surface area contributed by atoms with Crippen LogP contribution in [-0.2, 0) is 4.79 Å². The van der Waals surface area contributed by atoms with Crippen LogP contribution in [0.2, 0.25) is 0 Å². The van der Waals surface area contributed by atoms with Gasteiger partial charge in [-0.1, -0.05) is 31.4 Å². The summed E-state index contributed by atoms with van der Waals surface area (Å²) < 4.78 is 0. The molecule has 2 rings (SSSR count). The van der Waals surface area contributed by atoms with Gasteiger partial charge in [0.15, 0.2) is 0 Å². The number of amides is 1. The molecule has 0 bridgehead atoms. The Morgan fingerprint density at radius 2 is 1.83 bits per heavy atom. The first-order chi connectivity index (χ1) is 11.7. The second-order valence-corrected chi connectivity index (χ2v) is 6.24. The number of nitrogens with zero attached hydrogens (tertiary/aromatic N) is 2. The normalized spacial score (nSPS) is 15.6. The Kier molecular flexibility index (Phi) is 6.87. The average Bonchev–Trinajstić information content (AvgIpc) is 2.62. The van der Waals surface area contributed by atoms with Crippen molar-refractivity contribution in [3.05, 3.63) is 35.4 Å². The molecule has 1 aromatic carbocycles. The molecule has 4 nitrogen and oxygen atoms in total. The maximum atomic E-state index is 12.3.